The van der Waals surface area contributed by atoms with Crippen molar-refractivity contribution >= 4 is 29.0 Å². The van der Waals surface area contributed by atoms with E-state index in [1.807, 2.05) is 0 Å². The standard InChI is InChI=1S/C9H15NO6S/c1-5(2)8(13)15-4-16-9(14)17-3-6(10)7(11)12/h5-6H,3-4,10H2,1-2H3,(H,11,12)/t6-/m0/s1. The molecule has 0 aliphatic carbocycles. The van der Waals surface area contributed by atoms with Crippen LogP contribution in [-0.2, 0) is 19.1 Å². The van der Waals surface area contributed by atoms with E-state index < -0.39 is 30.1 Å². The largest absolute Gasteiger partial charge is 0.480 e. The zero-order valence-corrected chi connectivity index (χ0v) is 10.4. The van der Waals surface area contributed by atoms with Crippen LogP contribution in [0, 0.1) is 5.92 Å². The normalized spacial score (nSPS) is 12.0. The van der Waals surface area contributed by atoms with Crippen molar-refractivity contribution in [3.8, 4) is 0 Å². The number of rotatable bonds is 6. The summed E-state index contributed by atoms with van der Waals surface area (Å²) in [6.07, 6.45) is 0. The van der Waals surface area contributed by atoms with Gasteiger partial charge in [0.25, 0.3) is 0 Å². The molecule has 0 aromatic rings. The maximum atomic E-state index is 11.0. The van der Waals surface area contributed by atoms with E-state index in [9.17, 15) is 14.4 Å². The van der Waals surface area contributed by atoms with Gasteiger partial charge in [0.05, 0.1) is 5.92 Å². The molecule has 0 unspecified atom stereocenters. The summed E-state index contributed by atoms with van der Waals surface area (Å²) in [5, 5.41) is 7.71. The third kappa shape index (κ3) is 7.58. The molecule has 0 saturated carbocycles. The Bertz CT molecular complexity index is 293. The molecule has 0 spiro atoms. The van der Waals surface area contributed by atoms with Crippen molar-refractivity contribution in [3.05, 3.63) is 0 Å². The van der Waals surface area contributed by atoms with Crippen molar-refractivity contribution in [2.75, 3.05) is 12.5 Å². The Morgan fingerprint density at radius 3 is 2.35 bits per heavy atom. The van der Waals surface area contributed by atoms with Gasteiger partial charge in [0.15, 0.2) is 0 Å². The molecule has 8 heteroatoms. The molecule has 0 saturated heterocycles. The number of thioether (sulfide) groups is 1. The molecule has 0 amide bonds. The van der Waals surface area contributed by atoms with Crippen LogP contribution in [-0.4, -0.2) is 40.9 Å². The summed E-state index contributed by atoms with van der Waals surface area (Å²) in [6, 6.07) is -1.13. The molecule has 0 heterocycles. The number of carboxylic acid groups (broad SMARTS) is 1. The van der Waals surface area contributed by atoms with Gasteiger partial charge in [-0.2, -0.15) is 0 Å². The summed E-state index contributed by atoms with van der Waals surface area (Å²) < 4.78 is 9.11. The highest BCUT2D eigenvalue weighted by atomic mass is 32.2. The van der Waals surface area contributed by atoms with Crippen LogP contribution in [0.25, 0.3) is 0 Å². The van der Waals surface area contributed by atoms with Gasteiger partial charge in [0.2, 0.25) is 6.79 Å². The number of hydrogen-bond donors (Lipinski definition) is 2. The van der Waals surface area contributed by atoms with Gasteiger partial charge in [-0.05, 0) is 11.8 Å². The summed E-state index contributed by atoms with van der Waals surface area (Å²) >= 11 is 0.615. The fourth-order valence-electron chi connectivity index (χ4n) is 0.573. The summed E-state index contributed by atoms with van der Waals surface area (Å²) in [6.45, 7) is 2.81. The van der Waals surface area contributed by atoms with Crippen LogP contribution in [0.5, 0.6) is 0 Å². The number of carbonyl (C=O) groups excluding carboxylic acids is 2. The van der Waals surface area contributed by atoms with E-state index >= 15 is 0 Å². The van der Waals surface area contributed by atoms with E-state index in [4.69, 9.17) is 10.8 Å². The minimum atomic E-state index is -1.20. The van der Waals surface area contributed by atoms with Crippen LogP contribution in [0.1, 0.15) is 13.8 Å². The fourth-order valence-corrected chi connectivity index (χ4v) is 1.16. The molecular formula is C9H15NO6S. The molecule has 0 aromatic carbocycles. The van der Waals surface area contributed by atoms with Crippen molar-refractivity contribution in [3.63, 3.8) is 0 Å². The third-order valence-electron chi connectivity index (χ3n) is 1.55. The fraction of sp³-hybridized carbons (Fsp3) is 0.667. The van der Waals surface area contributed by atoms with Gasteiger partial charge in [-0.3, -0.25) is 9.59 Å². The molecule has 98 valence electrons. The number of nitrogens with two attached hydrogens (primary N) is 1. The van der Waals surface area contributed by atoms with E-state index in [0.29, 0.717) is 11.8 Å². The highest BCUT2D eigenvalue weighted by Gasteiger charge is 2.15. The molecule has 7 nitrogen and oxygen atoms in total. The number of ether oxygens (including phenoxy) is 2. The smallest absolute Gasteiger partial charge is 0.370 e. The molecule has 0 bridgehead atoms. The average Bonchev–Trinajstić information content (AvgIpc) is 2.25. The predicted octanol–water partition coefficient (Wildman–Crippen LogP) is 0.425. The molecule has 3 N–H and O–H groups in total. The lowest BCUT2D eigenvalue weighted by molar-refractivity contribution is -0.155. The molecule has 0 aliphatic heterocycles. The molecule has 17 heavy (non-hydrogen) atoms. The zero-order valence-electron chi connectivity index (χ0n) is 9.54. The van der Waals surface area contributed by atoms with Crippen molar-refractivity contribution < 1.29 is 29.0 Å². The van der Waals surface area contributed by atoms with Gasteiger partial charge in [-0.25, -0.2) is 4.79 Å². The maximum absolute atomic E-state index is 11.0. The topological polar surface area (TPSA) is 116 Å². The molecule has 0 aromatic heterocycles. The van der Waals surface area contributed by atoms with Gasteiger partial charge in [0.1, 0.15) is 6.04 Å². The van der Waals surface area contributed by atoms with Crippen molar-refractivity contribution in [2.24, 2.45) is 11.7 Å². The van der Waals surface area contributed by atoms with Crippen LogP contribution in [0.2, 0.25) is 0 Å². The first-order valence-electron chi connectivity index (χ1n) is 4.79. The summed E-state index contributed by atoms with van der Waals surface area (Å²) in [7, 11) is 0. The quantitative estimate of drug-likeness (QED) is 0.524. The monoisotopic (exact) mass is 265 g/mol. The van der Waals surface area contributed by atoms with E-state index in [0.717, 1.165) is 0 Å². The second kappa shape index (κ2) is 7.91. The Labute approximate surface area is 103 Å². The average molecular weight is 265 g/mol. The van der Waals surface area contributed by atoms with Crippen molar-refractivity contribution in [2.45, 2.75) is 19.9 Å². The summed E-state index contributed by atoms with van der Waals surface area (Å²) in [4.78, 5) is 32.3. The predicted molar refractivity (Wildman–Crippen MR) is 60.3 cm³/mol. The third-order valence-corrected chi connectivity index (χ3v) is 2.43. The first-order chi connectivity index (χ1) is 7.84. The second-order valence-corrected chi connectivity index (χ2v) is 4.34. The lowest BCUT2D eigenvalue weighted by atomic mass is 10.2. The highest BCUT2D eigenvalue weighted by Crippen LogP contribution is 2.07. The summed E-state index contributed by atoms with van der Waals surface area (Å²) in [5.74, 6) is -2.09. The summed E-state index contributed by atoms with van der Waals surface area (Å²) in [5.41, 5.74) is 5.17. The lowest BCUT2D eigenvalue weighted by Crippen LogP contribution is -2.33. The Balaban J connectivity index is 3.67. The molecular weight excluding hydrogens is 250 g/mol. The zero-order chi connectivity index (χ0) is 13.4. The van der Waals surface area contributed by atoms with E-state index in [2.05, 4.69) is 9.47 Å². The van der Waals surface area contributed by atoms with Gasteiger partial charge in [-0.1, -0.05) is 13.8 Å². The lowest BCUT2D eigenvalue weighted by Gasteiger charge is -2.08. The Morgan fingerprint density at radius 2 is 1.88 bits per heavy atom. The molecule has 0 aliphatic rings. The number of hydrogen-bond acceptors (Lipinski definition) is 7. The Morgan fingerprint density at radius 1 is 1.29 bits per heavy atom. The molecule has 1 atom stereocenters. The minimum absolute atomic E-state index is 0.105. The molecule has 0 radical (unpaired) electrons. The Kier molecular flexibility index (Phi) is 7.31. The second-order valence-electron chi connectivity index (χ2n) is 3.39. The Hall–Kier alpha value is -1.28. The number of esters is 1. The minimum Gasteiger partial charge on any atom is -0.480 e. The van der Waals surface area contributed by atoms with Gasteiger partial charge < -0.3 is 20.3 Å². The molecule has 0 fully saturated rings. The molecule has 0 rings (SSSR count). The number of carboxylic acids is 1. The first-order valence-corrected chi connectivity index (χ1v) is 5.77. The maximum Gasteiger partial charge on any atom is 0.370 e. The van der Waals surface area contributed by atoms with Crippen LogP contribution in [0.4, 0.5) is 4.79 Å². The number of aliphatic carboxylic acids is 1. The van der Waals surface area contributed by atoms with Crippen molar-refractivity contribution in [1.29, 1.82) is 0 Å². The van der Waals surface area contributed by atoms with Crippen LogP contribution in [0.3, 0.4) is 0 Å². The van der Waals surface area contributed by atoms with Gasteiger partial charge in [-0.15, -0.1) is 0 Å². The van der Waals surface area contributed by atoms with Gasteiger partial charge in [0, 0.05) is 5.75 Å². The van der Waals surface area contributed by atoms with Crippen molar-refractivity contribution in [1.82, 2.24) is 0 Å². The van der Waals surface area contributed by atoms with E-state index in [-0.39, 0.29) is 11.7 Å². The number of carbonyl (C=O) groups is 3. The van der Waals surface area contributed by atoms with Crippen LogP contribution in [0.15, 0.2) is 0 Å². The first kappa shape index (κ1) is 15.7. The van der Waals surface area contributed by atoms with E-state index in [1.165, 1.54) is 0 Å². The van der Waals surface area contributed by atoms with Gasteiger partial charge >= 0.3 is 17.2 Å². The van der Waals surface area contributed by atoms with Crippen LogP contribution >= 0.6 is 11.8 Å². The SMILES string of the molecule is CC(C)C(=O)OCOC(=O)SC[C@H](N)C(=O)O. The highest BCUT2D eigenvalue weighted by molar-refractivity contribution is 8.13. The van der Waals surface area contributed by atoms with Crippen LogP contribution < -0.4 is 5.73 Å². The van der Waals surface area contributed by atoms with E-state index in [1.54, 1.807) is 13.8 Å².